The van der Waals surface area contributed by atoms with Gasteiger partial charge in [0.15, 0.2) is 5.78 Å². The monoisotopic (exact) mass is 391 g/mol. The van der Waals surface area contributed by atoms with Gasteiger partial charge in [-0.1, -0.05) is 24.3 Å². The fraction of sp³-hybridized carbons (Fsp3) is 0.227. The molecule has 1 amide bonds. The summed E-state index contributed by atoms with van der Waals surface area (Å²) < 4.78 is 0. The molecule has 6 heteroatoms. The van der Waals surface area contributed by atoms with Crippen molar-refractivity contribution >= 4 is 34.4 Å². The number of nitrogens with one attached hydrogen (secondary N) is 1. The summed E-state index contributed by atoms with van der Waals surface area (Å²) in [4.78, 5) is 29.7. The fourth-order valence-corrected chi connectivity index (χ4v) is 4.66. The van der Waals surface area contributed by atoms with E-state index < -0.39 is 0 Å². The van der Waals surface area contributed by atoms with E-state index in [1.54, 1.807) is 19.1 Å². The van der Waals surface area contributed by atoms with Gasteiger partial charge in [-0.25, -0.2) is 4.98 Å². The number of rotatable bonds is 5. The predicted octanol–water partition coefficient (Wildman–Crippen LogP) is 4.57. The quantitative estimate of drug-likeness (QED) is 0.493. The standard InChI is InChI=1S/C22H21N3O2S/c1-13-19(14(2)26)28-21(24-13)22(11-12-22)16-9-7-15(8-10-16)20(27)25-18-6-4-3-5-17(18)23/h3-10H,11-12,23H2,1-2H3,(H,25,27). The fourth-order valence-electron chi connectivity index (χ4n) is 3.42. The first-order valence-electron chi connectivity index (χ1n) is 9.16. The molecule has 3 N–H and O–H groups in total. The molecule has 142 valence electrons. The zero-order valence-electron chi connectivity index (χ0n) is 15.8. The van der Waals surface area contributed by atoms with Gasteiger partial charge in [-0.15, -0.1) is 11.3 Å². The number of ketones is 1. The highest BCUT2D eigenvalue weighted by Gasteiger charge is 2.48. The van der Waals surface area contributed by atoms with E-state index in [0.29, 0.717) is 16.9 Å². The van der Waals surface area contributed by atoms with E-state index in [1.165, 1.54) is 11.3 Å². The number of thiazole rings is 1. The van der Waals surface area contributed by atoms with Crippen LogP contribution in [0.15, 0.2) is 48.5 Å². The number of anilines is 2. The average molecular weight is 391 g/mol. The van der Waals surface area contributed by atoms with Gasteiger partial charge in [-0.3, -0.25) is 9.59 Å². The molecule has 5 nitrogen and oxygen atoms in total. The first-order chi connectivity index (χ1) is 13.4. The van der Waals surface area contributed by atoms with Crippen LogP contribution in [0.4, 0.5) is 11.4 Å². The number of amides is 1. The van der Waals surface area contributed by atoms with Gasteiger partial charge in [0.25, 0.3) is 5.91 Å². The number of hydrogen-bond donors (Lipinski definition) is 2. The lowest BCUT2D eigenvalue weighted by Crippen LogP contribution is -2.14. The van der Waals surface area contributed by atoms with Crippen LogP contribution in [0.5, 0.6) is 0 Å². The van der Waals surface area contributed by atoms with Crippen molar-refractivity contribution in [1.29, 1.82) is 0 Å². The van der Waals surface area contributed by atoms with Crippen molar-refractivity contribution in [3.63, 3.8) is 0 Å². The van der Waals surface area contributed by atoms with Crippen LogP contribution < -0.4 is 11.1 Å². The van der Waals surface area contributed by atoms with Crippen LogP contribution in [-0.4, -0.2) is 16.7 Å². The summed E-state index contributed by atoms with van der Waals surface area (Å²) in [6.07, 6.45) is 2.01. The maximum Gasteiger partial charge on any atom is 0.255 e. The molecule has 1 aliphatic rings. The van der Waals surface area contributed by atoms with Crippen LogP contribution in [0.1, 0.15) is 56.1 Å². The molecule has 1 aliphatic carbocycles. The Kier molecular flexibility index (Phi) is 4.51. The summed E-state index contributed by atoms with van der Waals surface area (Å²) in [7, 11) is 0. The summed E-state index contributed by atoms with van der Waals surface area (Å²) in [5.41, 5.74) is 9.41. The largest absolute Gasteiger partial charge is 0.397 e. The normalized spacial score (nSPS) is 14.5. The second-order valence-electron chi connectivity index (χ2n) is 7.19. The summed E-state index contributed by atoms with van der Waals surface area (Å²) in [5.74, 6) is -0.137. The molecule has 3 aromatic rings. The molecule has 0 radical (unpaired) electrons. The molecule has 2 aromatic carbocycles. The van der Waals surface area contributed by atoms with Crippen molar-refractivity contribution in [3.8, 4) is 0 Å². The zero-order valence-corrected chi connectivity index (χ0v) is 16.6. The van der Waals surface area contributed by atoms with Gasteiger partial charge in [0.2, 0.25) is 0 Å². The van der Waals surface area contributed by atoms with Crippen LogP contribution in [0.3, 0.4) is 0 Å². The van der Waals surface area contributed by atoms with Crippen LogP contribution in [-0.2, 0) is 5.41 Å². The lowest BCUT2D eigenvalue weighted by molar-refractivity contribution is 0.101. The Labute approximate surface area is 167 Å². The smallest absolute Gasteiger partial charge is 0.255 e. The van der Waals surface area contributed by atoms with E-state index in [-0.39, 0.29) is 17.1 Å². The molecule has 28 heavy (non-hydrogen) atoms. The second-order valence-corrected chi connectivity index (χ2v) is 8.19. The first kappa shape index (κ1) is 18.4. The maximum atomic E-state index is 12.5. The van der Waals surface area contributed by atoms with Gasteiger partial charge in [0.05, 0.1) is 21.9 Å². The van der Waals surface area contributed by atoms with Crippen molar-refractivity contribution in [2.24, 2.45) is 0 Å². The molecule has 1 fully saturated rings. The van der Waals surface area contributed by atoms with E-state index in [9.17, 15) is 9.59 Å². The Bertz CT molecular complexity index is 1070. The molecule has 0 atom stereocenters. The summed E-state index contributed by atoms with van der Waals surface area (Å²) >= 11 is 1.49. The van der Waals surface area contributed by atoms with Gasteiger partial charge in [0, 0.05) is 17.9 Å². The third kappa shape index (κ3) is 3.20. The van der Waals surface area contributed by atoms with Crippen molar-refractivity contribution in [1.82, 2.24) is 4.98 Å². The highest BCUT2D eigenvalue weighted by atomic mass is 32.1. The van der Waals surface area contributed by atoms with E-state index in [4.69, 9.17) is 5.73 Å². The van der Waals surface area contributed by atoms with E-state index in [0.717, 1.165) is 34.0 Å². The highest BCUT2D eigenvalue weighted by molar-refractivity contribution is 7.14. The average Bonchev–Trinajstić information content (AvgIpc) is 3.39. The summed E-state index contributed by atoms with van der Waals surface area (Å²) in [5, 5.41) is 3.83. The molecular formula is C22H21N3O2S. The number of benzene rings is 2. The number of para-hydroxylation sites is 2. The minimum Gasteiger partial charge on any atom is -0.397 e. The number of nitrogens with two attached hydrogens (primary N) is 1. The van der Waals surface area contributed by atoms with Gasteiger partial charge >= 0.3 is 0 Å². The Balaban J connectivity index is 1.56. The number of Topliss-reactive ketones (excluding diaryl/α,β-unsaturated/α-hetero) is 1. The lowest BCUT2D eigenvalue weighted by Gasteiger charge is -2.14. The molecule has 1 heterocycles. The van der Waals surface area contributed by atoms with Crippen LogP contribution >= 0.6 is 11.3 Å². The van der Waals surface area contributed by atoms with Gasteiger partial charge in [-0.05, 0) is 49.6 Å². The van der Waals surface area contributed by atoms with Gasteiger partial charge in [-0.2, -0.15) is 0 Å². The van der Waals surface area contributed by atoms with Crippen LogP contribution in [0, 0.1) is 6.92 Å². The number of hydrogen-bond acceptors (Lipinski definition) is 5. The molecule has 1 aromatic heterocycles. The van der Waals surface area contributed by atoms with E-state index >= 15 is 0 Å². The number of nitrogens with zero attached hydrogens (tertiary/aromatic N) is 1. The molecule has 0 spiro atoms. The molecule has 1 saturated carbocycles. The molecule has 0 bridgehead atoms. The van der Waals surface area contributed by atoms with Crippen molar-refractivity contribution in [2.75, 3.05) is 11.1 Å². The summed E-state index contributed by atoms with van der Waals surface area (Å²) in [6, 6.07) is 14.8. The maximum absolute atomic E-state index is 12.5. The molecule has 0 aliphatic heterocycles. The minimum absolute atomic E-state index is 0.0595. The molecule has 0 unspecified atom stereocenters. The second kappa shape index (κ2) is 6.87. The van der Waals surface area contributed by atoms with Crippen molar-refractivity contribution in [3.05, 3.63) is 75.2 Å². The van der Waals surface area contributed by atoms with Gasteiger partial charge in [0.1, 0.15) is 5.01 Å². The summed E-state index contributed by atoms with van der Waals surface area (Å²) in [6.45, 7) is 3.46. The Hall–Kier alpha value is -2.99. The number of carbonyl (C=O) groups is 2. The van der Waals surface area contributed by atoms with Crippen LogP contribution in [0.25, 0.3) is 0 Å². The first-order valence-corrected chi connectivity index (χ1v) is 9.97. The Morgan fingerprint density at radius 3 is 2.36 bits per heavy atom. The Morgan fingerprint density at radius 2 is 1.79 bits per heavy atom. The van der Waals surface area contributed by atoms with E-state index in [1.807, 2.05) is 43.3 Å². The van der Waals surface area contributed by atoms with Crippen LogP contribution in [0.2, 0.25) is 0 Å². The molecule has 0 saturated heterocycles. The third-order valence-electron chi connectivity index (χ3n) is 5.18. The van der Waals surface area contributed by atoms with Gasteiger partial charge < -0.3 is 11.1 Å². The lowest BCUT2D eigenvalue weighted by atomic mass is 9.95. The third-order valence-corrected chi connectivity index (χ3v) is 6.65. The highest BCUT2D eigenvalue weighted by Crippen LogP contribution is 2.54. The predicted molar refractivity (Wildman–Crippen MR) is 112 cm³/mol. The van der Waals surface area contributed by atoms with E-state index in [2.05, 4.69) is 10.3 Å². The number of aryl methyl sites for hydroxylation is 1. The zero-order chi connectivity index (χ0) is 19.9. The Morgan fingerprint density at radius 1 is 1.11 bits per heavy atom. The number of aromatic nitrogens is 1. The number of nitrogen functional groups attached to an aromatic ring is 1. The molecular weight excluding hydrogens is 370 g/mol. The van der Waals surface area contributed by atoms with Crippen molar-refractivity contribution in [2.45, 2.75) is 32.1 Å². The SMILES string of the molecule is CC(=O)c1sc(C2(c3ccc(C(=O)Nc4ccccc4N)cc3)CC2)nc1C. The van der Waals surface area contributed by atoms with Crippen molar-refractivity contribution < 1.29 is 9.59 Å². The molecule has 4 rings (SSSR count). The minimum atomic E-state index is -0.196. The topological polar surface area (TPSA) is 85.1 Å². The number of carbonyl (C=O) groups excluding carboxylic acids is 2.